The molecule has 6 nitrogen and oxygen atoms in total. The van der Waals surface area contributed by atoms with Gasteiger partial charge >= 0.3 is 0 Å². The third-order valence-corrected chi connectivity index (χ3v) is 2.37. The van der Waals surface area contributed by atoms with E-state index in [4.69, 9.17) is 5.84 Å². The highest BCUT2D eigenvalue weighted by Crippen LogP contribution is 2.11. The standard InChI is InChI=1S/C11H19N5O/c1-4-7-11(2,3)13-10(17)8-5-6-9(14-12)16-15-8/h5-6H,4,7,12H2,1-3H3,(H,13,17)(H,14,16). The summed E-state index contributed by atoms with van der Waals surface area (Å²) < 4.78 is 0. The minimum atomic E-state index is -0.238. The number of carbonyl (C=O) groups excluding carboxylic acids is 1. The molecule has 0 unspecified atom stereocenters. The van der Waals surface area contributed by atoms with Crippen LogP contribution in [0.25, 0.3) is 0 Å². The fourth-order valence-corrected chi connectivity index (χ4v) is 1.59. The van der Waals surface area contributed by atoms with Gasteiger partial charge in [0.1, 0.15) is 0 Å². The predicted octanol–water partition coefficient (Wildman–Crippen LogP) is 1.07. The van der Waals surface area contributed by atoms with Crippen LogP contribution in [-0.4, -0.2) is 21.6 Å². The summed E-state index contributed by atoms with van der Waals surface area (Å²) in [5.41, 5.74) is 2.40. The van der Waals surface area contributed by atoms with E-state index in [1.165, 1.54) is 0 Å². The Morgan fingerprint density at radius 2 is 2.12 bits per heavy atom. The smallest absolute Gasteiger partial charge is 0.272 e. The van der Waals surface area contributed by atoms with Gasteiger partial charge in [0.15, 0.2) is 11.5 Å². The molecule has 0 fully saturated rings. The molecule has 0 radical (unpaired) electrons. The Morgan fingerprint density at radius 3 is 2.59 bits per heavy atom. The Balaban J connectivity index is 2.69. The summed E-state index contributed by atoms with van der Waals surface area (Å²) in [6, 6.07) is 3.19. The maximum absolute atomic E-state index is 11.9. The van der Waals surface area contributed by atoms with Crippen LogP contribution in [0, 0.1) is 0 Å². The predicted molar refractivity (Wildman–Crippen MR) is 66.3 cm³/mol. The van der Waals surface area contributed by atoms with Crippen LogP contribution in [0.3, 0.4) is 0 Å². The van der Waals surface area contributed by atoms with E-state index in [1.807, 2.05) is 13.8 Å². The Hall–Kier alpha value is -1.69. The van der Waals surface area contributed by atoms with E-state index in [2.05, 4.69) is 27.9 Å². The van der Waals surface area contributed by atoms with Gasteiger partial charge in [0, 0.05) is 5.54 Å². The van der Waals surface area contributed by atoms with E-state index in [-0.39, 0.29) is 17.1 Å². The van der Waals surface area contributed by atoms with Crippen molar-refractivity contribution >= 4 is 11.7 Å². The van der Waals surface area contributed by atoms with Crippen molar-refractivity contribution in [3.8, 4) is 0 Å². The average Bonchev–Trinajstić information content (AvgIpc) is 2.28. The molecule has 1 aromatic heterocycles. The van der Waals surface area contributed by atoms with Crippen LogP contribution < -0.4 is 16.6 Å². The molecule has 0 bridgehead atoms. The number of nitrogens with one attached hydrogen (secondary N) is 2. The third-order valence-electron chi connectivity index (χ3n) is 2.37. The number of nitrogens with two attached hydrogens (primary N) is 1. The molecule has 0 atom stereocenters. The number of hydrazine groups is 1. The number of amides is 1. The summed E-state index contributed by atoms with van der Waals surface area (Å²) in [5.74, 6) is 5.37. The van der Waals surface area contributed by atoms with Gasteiger partial charge < -0.3 is 10.7 Å². The molecule has 1 amide bonds. The Kier molecular flexibility index (Phi) is 4.39. The van der Waals surface area contributed by atoms with Gasteiger partial charge in [-0.25, -0.2) is 5.84 Å². The molecule has 0 spiro atoms. The van der Waals surface area contributed by atoms with Crippen LogP contribution in [-0.2, 0) is 0 Å². The van der Waals surface area contributed by atoms with Crippen molar-refractivity contribution in [2.45, 2.75) is 39.2 Å². The first-order valence-corrected chi connectivity index (χ1v) is 5.61. The van der Waals surface area contributed by atoms with Gasteiger partial charge in [0.2, 0.25) is 0 Å². The summed E-state index contributed by atoms with van der Waals surface area (Å²) in [6.07, 6.45) is 1.92. The van der Waals surface area contributed by atoms with Crippen LogP contribution in [0.5, 0.6) is 0 Å². The molecule has 4 N–H and O–H groups in total. The van der Waals surface area contributed by atoms with Gasteiger partial charge in [-0.15, -0.1) is 10.2 Å². The van der Waals surface area contributed by atoms with Gasteiger partial charge in [0.25, 0.3) is 5.91 Å². The van der Waals surface area contributed by atoms with Crippen LogP contribution in [0.2, 0.25) is 0 Å². The van der Waals surface area contributed by atoms with Crippen molar-refractivity contribution in [2.24, 2.45) is 5.84 Å². The normalized spacial score (nSPS) is 11.1. The average molecular weight is 237 g/mol. The Labute approximate surface area is 101 Å². The molecule has 1 aromatic rings. The molecule has 0 aliphatic carbocycles. The van der Waals surface area contributed by atoms with Crippen molar-refractivity contribution in [3.05, 3.63) is 17.8 Å². The lowest BCUT2D eigenvalue weighted by molar-refractivity contribution is 0.0903. The van der Waals surface area contributed by atoms with Crippen molar-refractivity contribution < 1.29 is 4.79 Å². The first kappa shape index (κ1) is 13.4. The summed E-state index contributed by atoms with van der Waals surface area (Å²) in [7, 11) is 0. The lowest BCUT2D eigenvalue weighted by Gasteiger charge is -2.25. The summed E-state index contributed by atoms with van der Waals surface area (Å²) in [5, 5.41) is 10.5. The maximum atomic E-state index is 11.9. The van der Waals surface area contributed by atoms with Crippen molar-refractivity contribution in [2.75, 3.05) is 5.43 Å². The Morgan fingerprint density at radius 1 is 1.41 bits per heavy atom. The number of rotatable bonds is 5. The highest BCUT2D eigenvalue weighted by Gasteiger charge is 2.20. The molecule has 1 rings (SSSR count). The molecule has 0 aliphatic heterocycles. The van der Waals surface area contributed by atoms with Gasteiger partial charge in [-0.1, -0.05) is 13.3 Å². The number of nitrogens with zero attached hydrogens (tertiary/aromatic N) is 2. The molecule has 17 heavy (non-hydrogen) atoms. The lowest BCUT2D eigenvalue weighted by Crippen LogP contribution is -2.43. The van der Waals surface area contributed by atoms with E-state index in [0.717, 1.165) is 12.8 Å². The van der Waals surface area contributed by atoms with Crippen molar-refractivity contribution in [1.82, 2.24) is 15.5 Å². The van der Waals surface area contributed by atoms with E-state index < -0.39 is 0 Å². The molecular formula is C11H19N5O. The van der Waals surface area contributed by atoms with E-state index in [1.54, 1.807) is 12.1 Å². The molecule has 0 saturated carbocycles. The summed E-state index contributed by atoms with van der Waals surface area (Å²) in [4.78, 5) is 11.9. The quantitative estimate of drug-likeness (QED) is 0.526. The molecule has 0 aromatic carbocycles. The third kappa shape index (κ3) is 3.99. The van der Waals surface area contributed by atoms with Gasteiger partial charge in [0.05, 0.1) is 0 Å². The second-order valence-corrected chi connectivity index (χ2v) is 4.54. The number of hydrogen-bond donors (Lipinski definition) is 3. The fraction of sp³-hybridized carbons (Fsp3) is 0.545. The fourth-order valence-electron chi connectivity index (χ4n) is 1.59. The number of nitrogen functional groups attached to an aromatic ring is 1. The zero-order valence-corrected chi connectivity index (χ0v) is 10.4. The molecule has 0 saturated heterocycles. The Bertz CT molecular complexity index is 374. The van der Waals surface area contributed by atoms with Gasteiger partial charge in [-0.05, 0) is 32.4 Å². The van der Waals surface area contributed by atoms with Crippen LogP contribution in [0.15, 0.2) is 12.1 Å². The topological polar surface area (TPSA) is 92.9 Å². The molecule has 0 aliphatic rings. The number of carbonyl (C=O) groups is 1. The molecule has 94 valence electrons. The van der Waals surface area contributed by atoms with E-state index >= 15 is 0 Å². The van der Waals surface area contributed by atoms with Crippen LogP contribution in [0.4, 0.5) is 5.82 Å². The second-order valence-electron chi connectivity index (χ2n) is 4.54. The van der Waals surface area contributed by atoms with Gasteiger partial charge in [-0.2, -0.15) is 0 Å². The van der Waals surface area contributed by atoms with E-state index in [0.29, 0.717) is 5.82 Å². The number of aromatic nitrogens is 2. The summed E-state index contributed by atoms with van der Waals surface area (Å²) in [6.45, 7) is 6.05. The summed E-state index contributed by atoms with van der Waals surface area (Å²) >= 11 is 0. The highest BCUT2D eigenvalue weighted by molar-refractivity contribution is 5.92. The van der Waals surface area contributed by atoms with Crippen LogP contribution in [0.1, 0.15) is 44.1 Å². The maximum Gasteiger partial charge on any atom is 0.272 e. The molecule has 6 heteroatoms. The zero-order valence-electron chi connectivity index (χ0n) is 10.4. The largest absolute Gasteiger partial charge is 0.346 e. The first-order valence-electron chi connectivity index (χ1n) is 5.61. The molecular weight excluding hydrogens is 218 g/mol. The molecule has 1 heterocycles. The minimum Gasteiger partial charge on any atom is -0.346 e. The number of anilines is 1. The highest BCUT2D eigenvalue weighted by atomic mass is 16.2. The van der Waals surface area contributed by atoms with Crippen molar-refractivity contribution in [1.29, 1.82) is 0 Å². The second kappa shape index (κ2) is 5.58. The van der Waals surface area contributed by atoms with E-state index in [9.17, 15) is 4.79 Å². The SMILES string of the molecule is CCCC(C)(C)NC(=O)c1ccc(NN)nn1. The number of hydrogen-bond acceptors (Lipinski definition) is 5. The van der Waals surface area contributed by atoms with Crippen LogP contribution >= 0.6 is 0 Å². The first-order chi connectivity index (χ1) is 7.98. The van der Waals surface area contributed by atoms with Crippen molar-refractivity contribution in [3.63, 3.8) is 0 Å². The lowest BCUT2D eigenvalue weighted by atomic mass is 9.99. The monoisotopic (exact) mass is 237 g/mol. The minimum absolute atomic E-state index is 0.223. The van der Waals surface area contributed by atoms with Gasteiger partial charge in [-0.3, -0.25) is 4.79 Å². The zero-order chi connectivity index (χ0) is 12.9.